The molecule has 0 saturated heterocycles. The normalized spacial score (nSPS) is 10.2. The van der Waals surface area contributed by atoms with Crippen LogP contribution >= 0.6 is 11.6 Å². The van der Waals surface area contributed by atoms with Crippen LogP contribution in [-0.4, -0.2) is 18.4 Å². The van der Waals surface area contributed by atoms with Gasteiger partial charge in [-0.25, -0.2) is 0 Å². The minimum absolute atomic E-state index is 0.144. The number of carbonyl (C=O) groups excluding carboxylic acids is 2. The van der Waals surface area contributed by atoms with Gasteiger partial charge in [-0.15, -0.1) is 0 Å². The Morgan fingerprint density at radius 2 is 1.48 bits per heavy atom. The van der Waals surface area contributed by atoms with E-state index in [4.69, 9.17) is 16.3 Å². The van der Waals surface area contributed by atoms with Crippen LogP contribution < -0.4 is 15.6 Å². The Morgan fingerprint density at radius 3 is 2.17 bits per heavy atom. The van der Waals surface area contributed by atoms with Crippen molar-refractivity contribution >= 4 is 23.4 Å². The smallest absolute Gasteiger partial charge is 0.269 e. The van der Waals surface area contributed by atoms with Crippen LogP contribution in [0.4, 0.5) is 0 Å². The van der Waals surface area contributed by atoms with Gasteiger partial charge in [-0.3, -0.25) is 20.4 Å². The number of amides is 2. The molecule has 3 aromatic rings. The van der Waals surface area contributed by atoms with Crippen molar-refractivity contribution in [1.29, 1.82) is 0 Å². The number of nitrogens with one attached hydrogen (secondary N) is 2. The zero-order valence-electron chi connectivity index (χ0n) is 15.7. The molecule has 0 bridgehead atoms. The van der Waals surface area contributed by atoms with E-state index in [2.05, 4.69) is 23.0 Å². The van der Waals surface area contributed by atoms with Gasteiger partial charge in [-0.05, 0) is 47.5 Å². The third kappa shape index (κ3) is 6.66. The van der Waals surface area contributed by atoms with Gasteiger partial charge in [0.25, 0.3) is 5.91 Å². The van der Waals surface area contributed by atoms with Gasteiger partial charge in [0, 0.05) is 17.0 Å². The van der Waals surface area contributed by atoms with Gasteiger partial charge in [0.2, 0.25) is 5.91 Å². The lowest BCUT2D eigenvalue weighted by molar-refractivity contribution is -0.121. The van der Waals surface area contributed by atoms with E-state index in [1.807, 2.05) is 18.2 Å². The molecule has 5 nitrogen and oxygen atoms in total. The van der Waals surface area contributed by atoms with Crippen molar-refractivity contribution in [1.82, 2.24) is 10.9 Å². The average molecular weight is 409 g/mol. The lowest BCUT2D eigenvalue weighted by atomic mass is 10.1. The second-order valence-corrected chi connectivity index (χ2v) is 6.85. The highest BCUT2D eigenvalue weighted by molar-refractivity contribution is 6.30. The molecule has 2 amide bonds. The molecule has 0 unspecified atom stereocenters. The molecule has 0 aliphatic heterocycles. The summed E-state index contributed by atoms with van der Waals surface area (Å²) in [7, 11) is 0. The molecule has 148 valence electrons. The maximum atomic E-state index is 12.2. The molecule has 0 atom stereocenters. The van der Waals surface area contributed by atoms with Crippen molar-refractivity contribution in [2.75, 3.05) is 6.61 Å². The van der Waals surface area contributed by atoms with Gasteiger partial charge >= 0.3 is 0 Å². The number of benzene rings is 3. The van der Waals surface area contributed by atoms with E-state index in [0.717, 1.165) is 12.0 Å². The molecule has 0 saturated carbocycles. The molecular formula is C23H21ClN2O3. The molecular weight excluding hydrogens is 388 g/mol. The van der Waals surface area contributed by atoms with Crippen LogP contribution in [0, 0.1) is 0 Å². The van der Waals surface area contributed by atoms with Crippen molar-refractivity contribution in [3.63, 3.8) is 0 Å². The SMILES string of the molecule is O=C(Cc1ccc(Cl)cc1)NNC(=O)c1ccc(OCCc2ccccc2)cc1. The van der Waals surface area contributed by atoms with Crippen molar-refractivity contribution < 1.29 is 14.3 Å². The van der Waals surface area contributed by atoms with E-state index in [1.54, 1.807) is 48.5 Å². The molecule has 2 N–H and O–H groups in total. The molecule has 29 heavy (non-hydrogen) atoms. The van der Waals surface area contributed by atoms with E-state index in [0.29, 0.717) is 22.9 Å². The molecule has 0 heterocycles. The van der Waals surface area contributed by atoms with Gasteiger partial charge in [0.1, 0.15) is 5.75 Å². The van der Waals surface area contributed by atoms with E-state index < -0.39 is 5.91 Å². The van der Waals surface area contributed by atoms with Crippen molar-refractivity contribution in [3.05, 3.63) is 101 Å². The van der Waals surface area contributed by atoms with Gasteiger partial charge in [0.05, 0.1) is 13.0 Å². The summed E-state index contributed by atoms with van der Waals surface area (Å²) < 4.78 is 5.71. The third-order valence-corrected chi connectivity index (χ3v) is 4.46. The molecule has 0 aliphatic rings. The molecule has 0 aromatic heterocycles. The summed E-state index contributed by atoms with van der Waals surface area (Å²) >= 11 is 5.82. The van der Waals surface area contributed by atoms with Gasteiger partial charge < -0.3 is 4.74 Å². The summed E-state index contributed by atoms with van der Waals surface area (Å²) in [6, 6.07) is 23.8. The van der Waals surface area contributed by atoms with Crippen molar-refractivity contribution in [3.8, 4) is 5.75 Å². The van der Waals surface area contributed by atoms with Gasteiger partial charge in [0.15, 0.2) is 0 Å². The number of hydrazine groups is 1. The Bertz CT molecular complexity index is 942. The number of hydrogen-bond acceptors (Lipinski definition) is 3. The Balaban J connectivity index is 1.42. The molecule has 0 radical (unpaired) electrons. The monoisotopic (exact) mass is 408 g/mol. The topological polar surface area (TPSA) is 67.4 Å². The minimum atomic E-state index is -0.398. The molecule has 0 fully saturated rings. The summed E-state index contributed by atoms with van der Waals surface area (Å²) in [5.74, 6) is -0.0314. The van der Waals surface area contributed by atoms with Crippen LogP contribution in [0.3, 0.4) is 0 Å². The number of carbonyl (C=O) groups is 2. The Labute approximate surface area is 174 Å². The largest absolute Gasteiger partial charge is 0.493 e. The van der Waals surface area contributed by atoms with E-state index in [1.165, 1.54) is 5.56 Å². The zero-order valence-corrected chi connectivity index (χ0v) is 16.5. The maximum Gasteiger partial charge on any atom is 0.269 e. The zero-order chi connectivity index (χ0) is 20.5. The number of ether oxygens (including phenoxy) is 1. The summed E-state index contributed by atoms with van der Waals surface area (Å²) in [6.45, 7) is 0.552. The van der Waals surface area contributed by atoms with Gasteiger partial charge in [-0.1, -0.05) is 54.1 Å². The minimum Gasteiger partial charge on any atom is -0.493 e. The predicted octanol–water partition coefficient (Wildman–Crippen LogP) is 3.97. The standard InChI is InChI=1S/C23H21ClN2O3/c24-20-10-6-18(7-11-20)16-22(27)25-26-23(28)19-8-12-21(13-9-19)29-15-14-17-4-2-1-3-5-17/h1-13H,14-16H2,(H,25,27)(H,26,28). The maximum absolute atomic E-state index is 12.2. The molecule has 3 rings (SSSR count). The first-order chi connectivity index (χ1) is 14.1. The molecule has 0 aliphatic carbocycles. The summed E-state index contributed by atoms with van der Waals surface area (Å²) in [4.78, 5) is 24.1. The summed E-state index contributed by atoms with van der Waals surface area (Å²) in [5, 5.41) is 0.606. The molecule has 0 spiro atoms. The first-order valence-electron chi connectivity index (χ1n) is 9.20. The first kappa shape index (κ1) is 20.4. The number of halogens is 1. The lowest BCUT2D eigenvalue weighted by Gasteiger charge is -2.09. The van der Waals surface area contributed by atoms with Crippen LogP contribution in [-0.2, 0) is 17.6 Å². The van der Waals surface area contributed by atoms with Crippen LogP contribution in [0.25, 0.3) is 0 Å². The highest BCUT2D eigenvalue weighted by atomic mass is 35.5. The average Bonchev–Trinajstić information content (AvgIpc) is 2.75. The second-order valence-electron chi connectivity index (χ2n) is 6.41. The Hall–Kier alpha value is -3.31. The Kier molecular flexibility index (Phi) is 7.25. The van der Waals surface area contributed by atoms with Crippen molar-refractivity contribution in [2.24, 2.45) is 0 Å². The predicted molar refractivity (Wildman–Crippen MR) is 113 cm³/mol. The van der Waals surface area contributed by atoms with Crippen LogP contribution in [0.5, 0.6) is 5.75 Å². The van der Waals surface area contributed by atoms with E-state index in [-0.39, 0.29) is 12.3 Å². The second kappa shape index (κ2) is 10.3. The number of rotatable bonds is 7. The first-order valence-corrected chi connectivity index (χ1v) is 9.58. The molecule has 6 heteroatoms. The summed E-state index contributed by atoms with van der Waals surface area (Å²) in [5.41, 5.74) is 7.25. The fourth-order valence-electron chi connectivity index (χ4n) is 2.66. The summed E-state index contributed by atoms with van der Waals surface area (Å²) in [6.07, 6.45) is 0.953. The van der Waals surface area contributed by atoms with Crippen LogP contribution in [0.2, 0.25) is 5.02 Å². The number of hydrogen-bond donors (Lipinski definition) is 2. The van der Waals surface area contributed by atoms with E-state index >= 15 is 0 Å². The van der Waals surface area contributed by atoms with Gasteiger partial charge in [-0.2, -0.15) is 0 Å². The van der Waals surface area contributed by atoms with Crippen LogP contribution in [0.15, 0.2) is 78.9 Å². The van der Waals surface area contributed by atoms with Crippen molar-refractivity contribution in [2.45, 2.75) is 12.8 Å². The molecule has 3 aromatic carbocycles. The highest BCUT2D eigenvalue weighted by Gasteiger charge is 2.08. The fourth-order valence-corrected chi connectivity index (χ4v) is 2.79. The van der Waals surface area contributed by atoms with E-state index in [9.17, 15) is 9.59 Å². The lowest BCUT2D eigenvalue weighted by Crippen LogP contribution is -2.42. The van der Waals surface area contributed by atoms with Crippen LogP contribution in [0.1, 0.15) is 21.5 Å². The third-order valence-electron chi connectivity index (χ3n) is 4.21. The highest BCUT2D eigenvalue weighted by Crippen LogP contribution is 2.13. The Morgan fingerprint density at radius 1 is 0.793 bits per heavy atom. The fraction of sp³-hybridized carbons (Fsp3) is 0.130. The quantitative estimate of drug-likeness (QED) is 0.581.